The third-order valence-electron chi connectivity index (χ3n) is 3.74. The summed E-state index contributed by atoms with van der Waals surface area (Å²) in [5.74, 6) is 0. The quantitative estimate of drug-likeness (QED) is 0.476. The lowest BCUT2D eigenvalue weighted by Crippen LogP contribution is -2.34. The lowest BCUT2D eigenvalue weighted by molar-refractivity contribution is 0.170. The number of aliphatic hydroxyl groups is 1. The van der Waals surface area contributed by atoms with Gasteiger partial charge in [0.25, 0.3) is 20.2 Å². The number of nitrogens with zero attached hydrogens (tertiary/aromatic N) is 4. The first-order valence-electron chi connectivity index (χ1n) is 7.64. The first-order chi connectivity index (χ1) is 13.1. The van der Waals surface area contributed by atoms with E-state index in [9.17, 15) is 26.5 Å². The number of azo groups is 1. The topological polar surface area (TPSA) is 169 Å². The van der Waals surface area contributed by atoms with Crippen molar-refractivity contribution < 1.29 is 31.0 Å². The van der Waals surface area contributed by atoms with Gasteiger partial charge in [0.15, 0.2) is 12.3 Å². The van der Waals surface area contributed by atoms with Crippen LogP contribution in [0.4, 0.5) is 11.4 Å². The summed E-state index contributed by atoms with van der Waals surface area (Å²) in [6.07, 6.45) is -0.0285. The molecule has 0 saturated carbocycles. The molecule has 0 amide bonds. The van der Waals surface area contributed by atoms with Gasteiger partial charge in [0.2, 0.25) is 0 Å². The summed E-state index contributed by atoms with van der Waals surface area (Å²) in [7, 11) is -8.84. The second-order valence-electron chi connectivity index (χ2n) is 5.64. The fourth-order valence-corrected chi connectivity index (χ4v) is 3.50. The molecule has 2 atom stereocenters. The van der Waals surface area contributed by atoms with E-state index >= 15 is 0 Å². The summed E-state index contributed by atoms with van der Waals surface area (Å²) in [6.45, 7) is 0. The van der Waals surface area contributed by atoms with E-state index in [2.05, 4.69) is 15.3 Å². The molecule has 3 N–H and O–H groups in total. The average molecular weight is 426 g/mol. The van der Waals surface area contributed by atoms with Crippen LogP contribution in [-0.2, 0) is 20.2 Å². The van der Waals surface area contributed by atoms with E-state index in [1.54, 1.807) is 0 Å². The fraction of sp³-hybridized carbons (Fsp3) is 0.133. The summed E-state index contributed by atoms with van der Waals surface area (Å²) in [5.41, 5.74) is 0.216. The Balaban J connectivity index is 1.80. The van der Waals surface area contributed by atoms with Crippen molar-refractivity contribution in [3.63, 3.8) is 0 Å². The van der Waals surface area contributed by atoms with Crippen LogP contribution < -0.4 is 5.01 Å². The molecular weight excluding hydrogens is 412 g/mol. The van der Waals surface area contributed by atoms with Gasteiger partial charge >= 0.3 is 0 Å². The van der Waals surface area contributed by atoms with Gasteiger partial charge in [-0.3, -0.25) is 9.11 Å². The van der Waals surface area contributed by atoms with Gasteiger partial charge in [-0.05, 0) is 36.4 Å². The van der Waals surface area contributed by atoms with Crippen LogP contribution in [0.5, 0.6) is 0 Å². The average Bonchev–Trinajstić information content (AvgIpc) is 2.99. The highest BCUT2D eigenvalue weighted by Crippen LogP contribution is 2.27. The summed E-state index contributed by atoms with van der Waals surface area (Å²) >= 11 is 0. The second-order valence-corrected chi connectivity index (χ2v) is 8.45. The van der Waals surface area contributed by atoms with Crippen molar-refractivity contribution >= 4 is 37.8 Å². The van der Waals surface area contributed by atoms with Crippen molar-refractivity contribution in [2.75, 3.05) is 5.01 Å². The molecule has 1 heterocycles. The normalized spacial score (nSPS) is 20.2. The number of anilines is 1. The van der Waals surface area contributed by atoms with Crippen LogP contribution in [0.2, 0.25) is 0 Å². The standard InChI is InChI=1S/C15H14N4O7S2/c20-15-13(18-17-12-3-1-2-4-14(12)28(24,25)26)9-16-19(15)10-5-7-11(8-6-10)27(21,22)23/h1-9,13,15,20H,(H,21,22,23)(H,24,25,26). The third kappa shape index (κ3) is 4.23. The minimum Gasteiger partial charge on any atom is -0.369 e. The fourth-order valence-electron chi connectivity index (χ4n) is 2.40. The number of aliphatic hydroxyl groups excluding tert-OH is 1. The molecule has 2 aromatic rings. The molecule has 13 heteroatoms. The number of hydrogen-bond acceptors (Lipinski definition) is 9. The minimum absolute atomic E-state index is 0.110. The van der Waals surface area contributed by atoms with Crippen LogP contribution in [0.1, 0.15) is 0 Å². The van der Waals surface area contributed by atoms with Crippen molar-refractivity contribution in [2.24, 2.45) is 15.3 Å². The summed E-state index contributed by atoms with van der Waals surface area (Å²) < 4.78 is 63.1. The smallest absolute Gasteiger partial charge is 0.296 e. The van der Waals surface area contributed by atoms with Crippen molar-refractivity contribution in [1.29, 1.82) is 0 Å². The largest absolute Gasteiger partial charge is 0.369 e. The maximum Gasteiger partial charge on any atom is 0.296 e. The molecule has 11 nitrogen and oxygen atoms in total. The molecule has 2 unspecified atom stereocenters. The lowest BCUT2D eigenvalue weighted by Gasteiger charge is -2.20. The molecule has 28 heavy (non-hydrogen) atoms. The van der Waals surface area contributed by atoms with Crippen molar-refractivity contribution in [3.8, 4) is 0 Å². The molecule has 148 valence electrons. The Morgan fingerprint density at radius 3 is 2.18 bits per heavy atom. The molecule has 0 aromatic heterocycles. The van der Waals surface area contributed by atoms with Crippen molar-refractivity contribution in [2.45, 2.75) is 22.1 Å². The molecule has 1 aliphatic heterocycles. The zero-order chi connectivity index (χ0) is 20.5. The van der Waals surface area contributed by atoms with E-state index in [4.69, 9.17) is 4.55 Å². The lowest BCUT2D eigenvalue weighted by atomic mass is 10.2. The van der Waals surface area contributed by atoms with E-state index < -0.39 is 37.4 Å². The van der Waals surface area contributed by atoms with Crippen molar-refractivity contribution in [1.82, 2.24) is 0 Å². The maximum atomic E-state index is 11.4. The van der Waals surface area contributed by atoms with Gasteiger partial charge in [0.05, 0.1) is 16.8 Å². The SMILES string of the molecule is O=S(=O)(O)c1ccc(N2N=CC(N=Nc3ccccc3S(=O)(=O)O)C2O)cc1. The van der Waals surface area contributed by atoms with E-state index in [1.165, 1.54) is 36.5 Å². The number of rotatable bonds is 5. The molecule has 3 rings (SSSR count). The van der Waals surface area contributed by atoms with Gasteiger partial charge in [-0.2, -0.15) is 32.2 Å². The van der Waals surface area contributed by atoms with Gasteiger partial charge in [0, 0.05) is 0 Å². The molecule has 0 saturated heterocycles. The van der Waals surface area contributed by atoms with Crippen LogP contribution >= 0.6 is 0 Å². The molecule has 0 spiro atoms. The van der Waals surface area contributed by atoms with Gasteiger partial charge in [-0.1, -0.05) is 12.1 Å². The Kier molecular flexibility index (Phi) is 5.27. The maximum absolute atomic E-state index is 11.4. The van der Waals surface area contributed by atoms with Crippen LogP contribution in [0, 0.1) is 0 Å². The molecular formula is C15H14N4O7S2. The highest BCUT2D eigenvalue weighted by molar-refractivity contribution is 7.86. The highest BCUT2D eigenvalue weighted by Gasteiger charge is 2.30. The molecule has 0 fully saturated rings. The number of hydrazone groups is 1. The van der Waals surface area contributed by atoms with Gasteiger partial charge in [-0.25, -0.2) is 5.01 Å². The zero-order valence-electron chi connectivity index (χ0n) is 13.9. The van der Waals surface area contributed by atoms with Crippen LogP contribution in [-0.4, -0.2) is 49.5 Å². The molecule has 1 aliphatic rings. The van der Waals surface area contributed by atoms with E-state index in [-0.39, 0.29) is 10.6 Å². The first kappa shape index (κ1) is 20.0. The molecule has 0 aliphatic carbocycles. The van der Waals surface area contributed by atoms with E-state index in [0.29, 0.717) is 5.69 Å². The number of hydrogen-bond donors (Lipinski definition) is 3. The second kappa shape index (κ2) is 7.37. The first-order valence-corrected chi connectivity index (χ1v) is 10.5. The monoisotopic (exact) mass is 426 g/mol. The Morgan fingerprint density at radius 2 is 1.57 bits per heavy atom. The van der Waals surface area contributed by atoms with Gasteiger partial charge in [0.1, 0.15) is 10.6 Å². The van der Waals surface area contributed by atoms with Crippen LogP contribution in [0.3, 0.4) is 0 Å². The Labute approximate surface area is 160 Å². The third-order valence-corrected chi connectivity index (χ3v) is 5.51. The minimum atomic E-state index is -4.49. The molecule has 0 radical (unpaired) electrons. The van der Waals surface area contributed by atoms with Gasteiger partial charge < -0.3 is 5.11 Å². The van der Waals surface area contributed by atoms with Gasteiger partial charge in [-0.15, -0.1) is 0 Å². The summed E-state index contributed by atoms with van der Waals surface area (Å²) in [5, 5.41) is 23.1. The predicted molar refractivity (Wildman–Crippen MR) is 97.8 cm³/mol. The predicted octanol–water partition coefficient (Wildman–Crippen LogP) is 1.46. The van der Waals surface area contributed by atoms with E-state index in [1.807, 2.05) is 0 Å². The summed E-state index contributed by atoms with van der Waals surface area (Å²) in [4.78, 5) is -0.743. The van der Waals surface area contributed by atoms with Crippen LogP contribution in [0.25, 0.3) is 0 Å². The summed E-state index contributed by atoms with van der Waals surface area (Å²) in [6, 6.07) is 9.40. The Morgan fingerprint density at radius 1 is 0.929 bits per heavy atom. The Hall–Kier alpha value is -2.71. The number of benzene rings is 2. The van der Waals surface area contributed by atoms with Crippen molar-refractivity contribution in [3.05, 3.63) is 48.5 Å². The Bertz CT molecular complexity index is 1150. The molecule has 0 bridgehead atoms. The molecule has 2 aromatic carbocycles. The van der Waals surface area contributed by atoms with E-state index in [0.717, 1.165) is 23.2 Å². The highest BCUT2D eigenvalue weighted by atomic mass is 32.2. The zero-order valence-corrected chi connectivity index (χ0v) is 15.6. The van der Waals surface area contributed by atoms with Crippen LogP contribution in [0.15, 0.2) is 73.7 Å².